The van der Waals surface area contributed by atoms with Gasteiger partial charge in [0.25, 0.3) is 0 Å². The fraction of sp³-hybridized carbons (Fsp3) is 0.188. The molecule has 0 unspecified atom stereocenters. The average molecular weight is 271 g/mol. The van der Waals surface area contributed by atoms with Crippen molar-refractivity contribution in [3.05, 3.63) is 65.2 Å². The van der Waals surface area contributed by atoms with E-state index in [4.69, 9.17) is 9.84 Å². The zero-order valence-electron chi connectivity index (χ0n) is 11.3. The molecule has 1 amide bonds. The number of carbonyl (C=O) groups is 1. The van der Waals surface area contributed by atoms with Crippen LogP contribution in [-0.2, 0) is 18.0 Å². The highest BCUT2D eigenvalue weighted by Crippen LogP contribution is 2.15. The second-order valence-corrected chi connectivity index (χ2v) is 4.55. The summed E-state index contributed by atoms with van der Waals surface area (Å²) in [4.78, 5) is 11.7. The molecule has 2 rings (SSSR count). The maximum Gasteiger partial charge on any atom is 0.411 e. The quantitative estimate of drug-likeness (QED) is 0.897. The van der Waals surface area contributed by atoms with Gasteiger partial charge in [-0.3, -0.25) is 5.32 Å². The Hall–Kier alpha value is -2.33. The van der Waals surface area contributed by atoms with Crippen molar-refractivity contribution in [1.29, 1.82) is 0 Å². The molecule has 0 aliphatic rings. The number of amides is 1. The van der Waals surface area contributed by atoms with Crippen LogP contribution in [0.1, 0.15) is 16.7 Å². The van der Waals surface area contributed by atoms with Crippen molar-refractivity contribution >= 4 is 11.8 Å². The summed E-state index contributed by atoms with van der Waals surface area (Å²) in [5.74, 6) is 0. The number of rotatable bonds is 4. The number of hydrogen-bond acceptors (Lipinski definition) is 3. The molecule has 2 N–H and O–H groups in total. The fourth-order valence-electron chi connectivity index (χ4n) is 1.90. The van der Waals surface area contributed by atoms with E-state index in [1.54, 1.807) is 6.07 Å². The summed E-state index contributed by atoms with van der Waals surface area (Å²) >= 11 is 0. The van der Waals surface area contributed by atoms with Gasteiger partial charge in [0.2, 0.25) is 0 Å². The lowest BCUT2D eigenvalue weighted by Gasteiger charge is -2.09. The first-order valence-corrected chi connectivity index (χ1v) is 6.36. The van der Waals surface area contributed by atoms with Crippen molar-refractivity contribution < 1.29 is 14.6 Å². The van der Waals surface area contributed by atoms with E-state index in [0.717, 1.165) is 16.7 Å². The number of aliphatic hydroxyl groups is 1. The molecule has 104 valence electrons. The highest BCUT2D eigenvalue weighted by Gasteiger charge is 2.05. The number of carbonyl (C=O) groups excluding carboxylic acids is 1. The van der Waals surface area contributed by atoms with Crippen LogP contribution in [0.5, 0.6) is 0 Å². The van der Waals surface area contributed by atoms with Crippen molar-refractivity contribution in [2.75, 3.05) is 5.32 Å². The van der Waals surface area contributed by atoms with Crippen LogP contribution in [0.4, 0.5) is 10.5 Å². The van der Waals surface area contributed by atoms with Crippen LogP contribution in [0.15, 0.2) is 48.5 Å². The van der Waals surface area contributed by atoms with Crippen LogP contribution >= 0.6 is 0 Å². The van der Waals surface area contributed by atoms with Gasteiger partial charge < -0.3 is 9.84 Å². The number of benzene rings is 2. The van der Waals surface area contributed by atoms with Crippen LogP contribution in [0.3, 0.4) is 0 Å². The molecule has 0 heterocycles. The van der Waals surface area contributed by atoms with Gasteiger partial charge in [0, 0.05) is 5.69 Å². The third-order valence-electron chi connectivity index (χ3n) is 2.78. The van der Waals surface area contributed by atoms with Gasteiger partial charge in [-0.1, -0.05) is 36.4 Å². The smallest absolute Gasteiger partial charge is 0.411 e. The van der Waals surface area contributed by atoms with E-state index < -0.39 is 6.09 Å². The predicted octanol–water partition coefficient (Wildman–Crippen LogP) is 3.24. The number of anilines is 1. The Morgan fingerprint density at radius 3 is 2.60 bits per heavy atom. The topological polar surface area (TPSA) is 58.6 Å². The lowest BCUT2D eigenvalue weighted by atomic mass is 10.1. The molecule has 0 saturated heterocycles. The van der Waals surface area contributed by atoms with Crippen LogP contribution in [0.25, 0.3) is 0 Å². The Bertz CT molecular complexity index is 582. The molecule has 0 aliphatic carbocycles. The summed E-state index contributed by atoms with van der Waals surface area (Å²) in [5.41, 5.74) is 3.27. The number of nitrogens with one attached hydrogen (secondary N) is 1. The lowest BCUT2D eigenvalue weighted by Crippen LogP contribution is -2.13. The van der Waals surface area contributed by atoms with Crippen molar-refractivity contribution in [2.24, 2.45) is 0 Å². The second kappa shape index (κ2) is 6.73. The Labute approximate surface area is 118 Å². The summed E-state index contributed by atoms with van der Waals surface area (Å²) in [6.07, 6.45) is -0.511. The maximum absolute atomic E-state index is 11.7. The average Bonchev–Trinajstić information content (AvgIpc) is 2.45. The predicted molar refractivity (Wildman–Crippen MR) is 77.4 cm³/mol. The molecule has 0 spiro atoms. The van der Waals surface area contributed by atoms with Crippen molar-refractivity contribution in [2.45, 2.75) is 20.1 Å². The Kier molecular flexibility index (Phi) is 4.74. The normalized spacial score (nSPS) is 10.1. The highest BCUT2D eigenvalue weighted by atomic mass is 16.5. The summed E-state index contributed by atoms with van der Waals surface area (Å²) in [6.45, 7) is 2.07. The zero-order chi connectivity index (χ0) is 14.4. The van der Waals surface area contributed by atoms with E-state index in [0.29, 0.717) is 5.69 Å². The first kappa shape index (κ1) is 14.1. The molecule has 20 heavy (non-hydrogen) atoms. The SMILES string of the molecule is Cc1cc(CO)cc(NC(=O)OCc2ccccc2)c1. The lowest BCUT2D eigenvalue weighted by molar-refractivity contribution is 0.155. The van der Waals surface area contributed by atoms with Gasteiger partial charge in [0.1, 0.15) is 6.61 Å². The van der Waals surface area contributed by atoms with Gasteiger partial charge in [-0.2, -0.15) is 0 Å². The third-order valence-corrected chi connectivity index (χ3v) is 2.78. The number of aliphatic hydroxyl groups excluding tert-OH is 1. The fourth-order valence-corrected chi connectivity index (χ4v) is 1.90. The van der Waals surface area contributed by atoms with Gasteiger partial charge in [-0.05, 0) is 35.7 Å². The van der Waals surface area contributed by atoms with Crippen molar-refractivity contribution in [1.82, 2.24) is 0 Å². The molecule has 4 nitrogen and oxygen atoms in total. The minimum absolute atomic E-state index is 0.0601. The number of ether oxygens (including phenoxy) is 1. The largest absolute Gasteiger partial charge is 0.444 e. The van der Waals surface area contributed by atoms with Gasteiger partial charge in [0.05, 0.1) is 6.61 Å². The van der Waals surface area contributed by atoms with E-state index in [9.17, 15) is 4.79 Å². The summed E-state index contributed by atoms with van der Waals surface area (Å²) < 4.78 is 5.13. The molecule has 0 radical (unpaired) electrons. The van der Waals surface area contributed by atoms with E-state index in [1.165, 1.54) is 0 Å². The molecule has 0 aromatic heterocycles. The molecule has 0 aliphatic heterocycles. The molecule has 0 fully saturated rings. The van der Waals surface area contributed by atoms with Gasteiger partial charge in [-0.15, -0.1) is 0 Å². The van der Waals surface area contributed by atoms with Gasteiger partial charge >= 0.3 is 6.09 Å². The molecule has 0 saturated carbocycles. The van der Waals surface area contributed by atoms with Crippen molar-refractivity contribution in [3.63, 3.8) is 0 Å². The number of hydrogen-bond donors (Lipinski definition) is 2. The number of aryl methyl sites for hydroxylation is 1. The molecule has 4 heteroatoms. The van der Waals surface area contributed by atoms with Gasteiger partial charge in [-0.25, -0.2) is 4.79 Å². The minimum atomic E-state index is -0.511. The third kappa shape index (κ3) is 4.10. The molecule has 0 bridgehead atoms. The standard InChI is InChI=1S/C16H17NO3/c1-12-7-14(10-18)9-15(8-12)17-16(19)20-11-13-5-3-2-4-6-13/h2-9,18H,10-11H2,1H3,(H,17,19). The monoisotopic (exact) mass is 271 g/mol. The van der Waals surface area contributed by atoms with Crippen LogP contribution < -0.4 is 5.32 Å². The first-order valence-electron chi connectivity index (χ1n) is 6.36. The first-order chi connectivity index (χ1) is 9.67. The molecule has 0 atom stereocenters. The van der Waals surface area contributed by atoms with E-state index in [-0.39, 0.29) is 13.2 Å². The van der Waals surface area contributed by atoms with Crippen LogP contribution in [-0.4, -0.2) is 11.2 Å². The summed E-state index contributed by atoms with van der Waals surface area (Å²) in [7, 11) is 0. The van der Waals surface area contributed by atoms with Crippen LogP contribution in [0.2, 0.25) is 0 Å². The summed E-state index contributed by atoms with van der Waals surface area (Å²) in [6, 6.07) is 14.9. The Morgan fingerprint density at radius 2 is 1.90 bits per heavy atom. The molecule has 2 aromatic rings. The van der Waals surface area contributed by atoms with Gasteiger partial charge in [0.15, 0.2) is 0 Å². The Morgan fingerprint density at radius 1 is 1.15 bits per heavy atom. The van der Waals surface area contributed by atoms with E-state index >= 15 is 0 Å². The maximum atomic E-state index is 11.7. The molecular formula is C16H17NO3. The van der Waals surface area contributed by atoms with Crippen molar-refractivity contribution in [3.8, 4) is 0 Å². The second-order valence-electron chi connectivity index (χ2n) is 4.55. The highest BCUT2D eigenvalue weighted by molar-refractivity contribution is 5.84. The minimum Gasteiger partial charge on any atom is -0.444 e. The van der Waals surface area contributed by atoms with Crippen LogP contribution in [0, 0.1) is 6.92 Å². The van der Waals surface area contributed by atoms with E-state index in [2.05, 4.69) is 5.32 Å². The summed E-state index contributed by atoms with van der Waals surface area (Å²) in [5, 5.41) is 11.8. The zero-order valence-corrected chi connectivity index (χ0v) is 11.3. The Balaban J connectivity index is 1.93. The molecule has 2 aromatic carbocycles. The molecular weight excluding hydrogens is 254 g/mol. The van der Waals surface area contributed by atoms with E-state index in [1.807, 2.05) is 49.4 Å².